The van der Waals surface area contributed by atoms with E-state index < -0.39 is 36.4 Å². The molecule has 0 aromatic heterocycles. The van der Waals surface area contributed by atoms with Crippen molar-refractivity contribution in [3.63, 3.8) is 0 Å². The highest BCUT2D eigenvalue weighted by Crippen LogP contribution is 2.21. The smallest absolute Gasteiger partial charge is 0.377 e. The van der Waals surface area contributed by atoms with Crippen molar-refractivity contribution in [2.45, 2.75) is 12.2 Å². The van der Waals surface area contributed by atoms with Crippen LogP contribution in [0, 0.1) is 0 Å². The molecule has 1 aliphatic heterocycles. The SMILES string of the molecule is O=C1O[C@H]([C@@H](O)C[18F])C(O)=C1O. The molecule has 0 aromatic rings. The lowest BCUT2D eigenvalue weighted by Crippen LogP contribution is -2.30. The molecule has 0 aliphatic carbocycles. The number of rotatable bonds is 2. The van der Waals surface area contributed by atoms with Crippen molar-refractivity contribution in [2.75, 3.05) is 6.67 Å². The summed E-state index contributed by atoms with van der Waals surface area (Å²) in [7, 11) is 0. The summed E-state index contributed by atoms with van der Waals surface area (Å²) in [5.41, 5.74) is 0. The highest BCUT2D eigenvalue weighted by Gasteiger charge is 2.39. The average Bonchev–Trinajstić information content (AvgIpc) is 2.32. The number of hydrogen-bond acceptors (Lipinski definition) is 5. The lowest BCUT2D eigenvalue weighted by molar-refractivity contribution is -0.147. The van der Waals surface area contributed by atoms with E-state index in [1.165, 1.54) is 0 Å². The van der Waals surface area contributed by atoms with E-state index in [-0.39, 0.29) is 0 Å². The van der Waals surface area contributed by atoms with Crippen LogP contribution in [0.3, 0.4) is 0 Å². The van der Waals surface area contributed by atoms with Crippen molar-refractivity contribution in [1.82, 2.24) is 0 Å². The molecule has 0 radical (unpaired) electrons. The van der Waals surface area contributed by atoms with E-state index in [1.54, 1.807) is 0 Å². The third-order valence-corrected chi connectivity index (χ3v) is 1.45. The normalized spacial score (nSPS) is 25.8. The van der Waals surface area contributed by atoms with Crippen molar-refractivity contribution in [2.24, 2.45) is 0 Å². The largest absolute Gasteiger partial charge is 0.505 e. The van der Waals surface area contributed by atoms with Gasteiger partial charge in [0.1, 0.15) is 12.8 Å². The zero-order valence-corrected chi connectivity index (χ0v) is 5.90. The molecule has 0 saturated carbocycles. The molecule has 1 rings (SSSR count). The Hall–Kier alpha value is -1.30. The van der Waals surface area contributed by atoms with Gasteiger partial charge in [0, 0.05) is 0 Å². The van der Waals surface area contributed by atoms with Gasteiger partial charge in [-0.05, 0) is 0 Å². The Balaban J connectivity index is 2.80. The van der Waals surface area contributed by atoms with E-state index in [4.69, 9.17) is 15.3 Å². The first-order chi connectivity index (χ1) is 5.57. The van der Waals surface area contributed by atoms with Crippen LogP contribution in [0.1, 0.15) is 0 Å². The minimum absolute atomic E-state index is 0.829. The van der Waals surface area contributed by atoms with E-state index in [2.05, 4.69) is 4.74 Å². The van der Waals surface area contributed by atoms with Crippen LogP contribution in [0.5, 0.6) is 0 Å². The molecular weight excluding hydrogens is 170 g/mol. The molecule has 6 heteroatoms. The fourth-order valence-electron chi connectivity index (χ4n) is 0.808. The second-order valence-corrected chi connectivity index (χ2v) is 2.28. The van der Waals surface area contributed by atoms with E-state index in [0.717, 1.165) is 0 Å². The number of halogens is 1. The predicted molar refractivity (Wildman–Crippen MR) is 34.1 cm³/mol. The van der Waals surface area contributed by atoms with Crippen LogP contribution < -0.4 is 0 Å². The highest BCUT2D eigenvalue weighted by molar-refractivity contribution is 5.89. The third kappa shape index (κ3) is 1.20. The van der Waals surface area contributed by atoms with Crippen LogP contribution in [0.4, 0.5) is 4.39 Å². The summed E-state index contributed by atoms with van der Waals surface area (Å²) in [6, 6.07) is 0. The Labute approximate surface area is 66.7 Å². The van der Waals surface area contributed by atoms with E-state index in [9.17, 15) is 9.18 Å². The summed E-state index contributed by atoms with van der Waals surface area (Å²) < 4.78 is 16.0. The molecule has 0 amide bonds. The summed E-state index contributed by atoms with van der Waals surface area (Å²) in [6.45, 7) is -1.17. The first kappa shape index (κ1) is 8.79. The number of alkyl halides is 1. The first-order valence-electron chi connectivity index (χ1n) is 3.15. The number of carbonyl (C=O) groups is 1. The molecule has 0 saturated heterocycles. The number of esters is 1. The monoisotopic (exact) mass is 177 g/mol. The van der Waals surface area contributed by atoms with E-state index >= 15 is 0 Å². The van der Waals surface area contributed by atoms with Gasteiger partial charge in [0.2, 0.25) is 5.76 Å². The standard InChI is InChI=1S/C6H7FO5/c7-1-2(8)5-3(9)4(10)6(11)12-5/h2,5,8-10H,1H2/t2-,5+/m0/s1/i7-1. The van der Waals surface area contributed by atoms with Gasteiger partial charge in [-0.1, -0.05) is 0 Å². The molecule has 1 aliphatic rings. The molecule has 12 heavy (non-hydrogen) atoms. The number of aliphatic hydroxyl groups excluding tert-OH is 3. The van der Waals surface area contributed by atoms with Gasteiger partial charge in [0.25, 0.3) is 0 Å². The highest BCUT2D eigenvalue weighted by atomic mass is 18.2. The van der Waals surface area contributed by atoms with Crippen molar-refractivity contribution in [1.29, 1.82) is 0 Å². The Bertz CT molecular complexity index is 236. The molecule has 0 unspecified atom stereocenters. The second kappa shape index (κ2) is 2.98. The van der Waals surface area contributed by atoms with Crippen molar-refractivity contribution in [3.05, 3.63) is 11.5 Å². The van der Waals surface area contributed by atoms with Gasteiger partial charge in [-0.2, -0.15) is 0 Å². The van der Waals surface area contributed by atoms with Gasteiger partial charge in [0.15, 0.2) is 11.9 Å². The van der Waals surface area contributed by atoms with Crippen LogP contribution >= 0.6 is 0 Å². The van der Waals surface area contributed by atoms with Crippen LogP contribution in [-0.2, 0) is 9.53 Å². The van der Waals surface area contributed by atoms with Gasteiger partial charge in [0.05, 0.1) is 0 Å². The Kier molecular flexibility index (Phi) is 2.18. The molecule has 0 aromatic carbocycles. The Morgan fingerprint density at radius 1 is 1.58 bits per heavy atom. The summed E-state index contributed by atoms with van der Waals surface area (Å²) >= 11 is 0. The third-order valence-electron chi connectivity index (χ3n) is 1.45. The van der Waals surface area contributed by atoms with Crippen LogP contribution in [0.25, 0.3) is 0 Å². The van der Waals surface area contributed by atoms with Gasteiger partial charge >= 0.3 is 5.97 Å². The van der Waals surface area contributed by atoms with Crippen molar-refractivity contribution < 1.29 is 29.2 Å². The minimum atomic E-state index is -1.64. The molecule has 5 nitrogen and oxygen atoms in total. The Morgan fingerprint density at radius 3 is 2.50 bits per heavy atom. The molecule has 0 fully saturated rings. The summed E-state index contributed by atoms with van der Waals surface area (Å²) in [4.78, 5) is 10.5. The molecule has 68 valence electrons. The molecule has 1 heterocycles. The van der Waals surface area contributed by atoms with Gasteiger partial charge in [-0.25, -0.2) is 9.18 Å². The number of cyclic esters (lactones) is 1. The van der Waals surface area contributed by atoms with Crippen molar-refractivity contribution in [3.8, 4) is 0 Å². The molecular formula is C6H7FO5. The summed E-state index contributed by atoms with van der Waals surface area (Å²) in [5, 5.41) is 26.4. The lowest BCUT2D eigenvalue weighted by Gasteiger charge is -2.13. The second-order valence-electron chi connectivity index (χ2n) is 2.28. The molecule has 2 atom stereocenters. The fourth-order valence-corrected chi connectivity index (χ4v) is 0.808. The summed E-state index contributed by atoms with van der Waals surface area (Å²) in [5.74, 6) is -2.97. The van der Waals surface area contributed by atoms with Gasteiger partial charge < -0.3 is 20.1 Å². The zero-order chi connectivity index (χ0) is 9.30. The van der Waals surface area contributed by atoms with E-state index in [0.29, 0.717) is 0 Å². The molecule has 3 N–H and O–H groups in total. The van der Waals surface area contributed by atoms with Crippen LogP contribution in [0.15, 0.2) is 11.5 Å². The fraction of sp³-hybridized carbons (Fsp3) is 0.500. The van der Waals surface area contributed by atoms with Gasteiger partial charge in [-0.3, -0.25) is 0 Å². The zero-order valence-electron chi connectivity index (χ0n) is 5.90. The summed E-state index contributed by atoms with van der Waals surface area (Å²) in [6.07, 6.45) is -3.12. The number of carbonyl (C=O) groups excluding carboxylic acids is 1. The van der Waals surface area contributed by atoms with E-state index in [1.807, 2.05) is 0 Å². The number of aliphatic hydroxyl groups is 3. The topological polar surface area (TPSA) is 87.0 Å². The number of hydrogen-bond donors (Lipinski definition) is 3. The van der Waals surface area contributed by atoms with Crippen molar-refractivity contribution >= 4 is 5.97 Å². The maximum atomic E-state index is 11.8. The molecule has 0 spiro atoms. The lowest BCUT2D eigenvalue weighted by atomic mass is 10.2. The maximum absolute atomic E-state index is 11.8. The predicted octanol–water partition coefficient (Wildman–Crippen LogP) is -0.430. The maximum Gasteiger partial charge on any atom is 0.377 e. The first-order valence-corrected chi connectivity index (χ1v) is 3.15. The molecule has 0 bridgehead atoms. The quantitative estimate of drug-likeness (QED) is 0.498. The van der Waals surface area contributed by atoms with Crippen LogP contribution in [-0.4, -0.2) is 40.2 Å². The average molecular weight is 177 g/mol. The van der Waals surface area contributed by atoms with Gasteiger partial charge in [-0.15, -0.1) is 0 Å². The van der Waals surface area contributed by atoms with Crippen LogP contribution in [0.2, 0.25) is 0 Å². The Morgan fingerprint density at radius 2 is 2.17 bits per heavy atom. The number of ether oxygens (including phenoxy) is 1. The minimum Gasteiger partial charge on any atom is -0.505 e.